The fraction of sp³-hybridized carbons (Fsp3) is 0.630. The van der Waals surface area contributed by atoms with Crippen molar-refractivity contribution in [2.75, 3.05) is 6.54 Å². The lowest BCUT2D eigenvalue weighted by molar-refractivity contribution is -0.144. The number of nitrogens with zero attached hydrogens (tertiary/aromatic N) is 4. The summed E-state index contributed by atoms with van der Waals surface area (Å²) in [7, 11) is 0. The number of aliphatic hydroxyl groups excluding tert-OH is 1. The van der Waals surface area contributed by atoms with Gasteiger partial charge in [0.15, 0.2) is 0 Å². The number of aryl methyl sites for hydroxylation is 1. The molecule has 2 heterocycles. The summed E-state index contributed by atoms with van der Waals surface area (Å²) in [5.41, 5.74) is 3.17. The van der Waals surface area contributed by atoms with Crippen LogP contribution < -0.4 is 5.32 Å². The molecule has 1 aromatic heterocycles. The van der Waals surface area contributed by atoms with Crippen LogP contribution in [-0.4, -0.2) is 61.5 Å². The molecule has 2 aromatic rings. The number of nitrogens with one attached hydrogen (secondary N) is 1. The van der Waals surface area contributed by atoms with Gasteiger partial charge in [-0.2, -0.15) is 0 Å². The third kappa shape index (κ3) is 4.08. The Morgan fingerprint density at radius 3 is 2.78 bits per heavy atom. The van der Waals surface area contributed by atoms with Gasteiger partial charge < -0.3 is 15.3 Å². The number of carbonyl (C=O) groups is 2. The molecule has 6 rings (SSSR count). The van der Waals surface area contributed by atoms with Crippen molar-refractivity contribution in [2.45, 2.75) is 94.9 Å². The summed E-state index contributed by atoms with van der Waals surface area (Å²) in [5.74, 6) is 0.0829. The average Bonchev–Trinajstić information content (AvgIpc) is 3.61. The minimum atomic E-state index is -0.721. The lowest BCUT2D eigenvalue weighted by atomic mass is 9.85. The molecule has 2 amide bonds. The van der Waals surface area contributed by atoms with Crippen LogP contribution in [0.1, 0.15) is 81.7 Å². The van der Waals surface area contributed by atoms with Crippen molar-refractivity contribution < 1.29 is 14.7 Å². The number of hydrogen-bond donors (Lipinski definition) is 2. The number of amides is 2. The number of β-amino-alcohol motifs (C(OH)–C–C–N with tert-alkyl or cyclic N) is 1. The summed E-state index contributed by atoms with van der Waals surface area (Å²) in [4.78, 5) is 29.0. The van der Waals surface area contributed by atoms with Gasteiger partial charge in [0.05, 0.1) is 11.8 Å². The Morgan fingerprint density at radius 2 is 2.06 bits per heavy atom. The van der Waals surface area contributed by atoms with E-state index in [-0.39, 0.29) is 36.2 Å². The Kier molecular flexibility index (Phi) is 5.61. The zero-order valence-corrected chi connectivity index (χ0v) is 22.7. The summed E-state index contributed by atoms with van der Waals surface area (Å²) in [6.07, 6.45) is 6.60. The quantitative estimate of drug-likeness (QED) is 0.589. The van der Waals surface area contributed by atoms with Crippen molar-refractivity contribution >= 4 is 27.7 Å². The van der Waals surface area contributed by atoms with Gasteiger partial charge in [-0.25, -0.2) is 4.68 Å². The first kappa shape index (κ1) is 24.1. The Bertz CT molecular complexity index is 1220. The van der Waals surface area contributed by atoms with Gasteiger partial charge in [-0.15, -0.1) is 5.10 Å². The minimum absolute atomic E-state index is 0.00559. The van der Waals surface area contributed by atoms with Crippen molar-refractivity contribution in [3.63, 3.8) is 0 Å². The highest BCUT2D eigenvalue weighted by Gasteiger charge is 2.59. The van der Waals surface area contributed by atoms with E-state index in [0.29, 0.717) is 5.92 Å². The number of halogens is 1. The van der Waals surface area contributed by atoms with E-state index in [9.17, 15) is 14.7 Å². The van der Waals surface area contributed by atoms with Gasteiger partial charge in [0.25, 0.3) is 0 Å². The van der Waals surface area contributed by atoms with Crippen molar-refractivity contribution in [1.29, 1.82) is 0 Å². The highest BCUT2D eigenvalue weighted by molar-refractivity contribution is 9.10. The van der Waals surface area contributed by atoms with Crippen LogP contribution in [-0.2, 0) is 21.4 Å². The first-order chi connectivity index (χ1) is 17.1. The molecule has 2 saturated carbocycles. The molecule has 0 bridgehead atoms. The van der Waals surface area contributed by atoms with Crippen LogP contribution in [0.2, 0.25) is 0 Å². The van der Waals surface area contributed by atoms with E-state index in [1.165, 1.54) is 11.1 Å². The van der Waals surface area contributed by atoms with Gasteiger partial charge in [0, 0.05) is 41.0 Å². The van der Waals surface area contributed by atoms with Crippen LogP contribution >= 0.6 is 15.9 Å². The lowest BCUT2D eigenvalue weighted by Gasteiger charge is -2.34. The van der Waals surface area contributed by atoms with Gasteiger partial charge in [0.2, 0.25) is 11.8 Å². The molecule has 5 atom stereocenters. The standard InChI is InChI=1S/C27H34BrN5O3/c1-26(2,3)23(33-14-20(30-31-33)15-4-5-15)25(36)32-13-18(34)11-21(32)24(35)29-22-12-27(22)9-8-16-10-17(28)6-7-19(16)27/h6-7,10,14-15,18,21-23,34H,4-5,8-9,11-13H2,1-3H3,(H,29,35)/t18-,21+,22?,23?,27?/m1/s1. The predicted octanol–water partition coefficient (Wildman–Crippen LogP) is 3.24. The Hall–Kier alpha value is -2.26. The van der Waals surface area contributed by atoms with Gasteiger partial charge in [-0.3, -0.25) is 9.59 Å². The molecule has 1 spiro atoms. The van der Waals surface area contributed by atoms with E-state index in [4.69, 9.17) is 0 Å². The van der Waals surface area contributed by atoms with Gasteiger partial charge >= 0.3 is 0 Å². The van der Waals surface area contributed by atoms with E-state index < -0.39 is 23.6 Å². The summed E-state index contributed by atoms with van der Waals surface area (Å²) in [6.45, 7) is 6.15. The van der Waals surface area contributed by atoms with E-state index in [2.05, 4.69) is 49.8 Å². The third-order valence-corrected chi connectivity index (χ3v) is 9.04. The van der Waals surface area contributed by atoms with E-state index >= 15 is 0 Å². The summed E-state index contributed by atoms with van der Waals surface area (Å²) < 4.78 is 2.75. The number of fused-ring (bicyclic) bond motifs is 2. The molecule has 192 valence electrons. The maximum Gasteiger partial charge on any atom is 0.248 e. The SMILES string of the molecule is CC(C)(C)C(C(=O)N1C[C@H](O)C[C@H]1C(=O)NC1CC12CCc1cc(Br)ccc12)n1cc(C2CC2)nn1. The maximum absolute atomic E-state index is 13.9. The average molecular weight is 557 g/mol. The molecule has 1 aliphatic heterocycles. The fourth-order valence-corrected chi connectivity index (χ4v) is 6.82. The molecule has 3 unspecified atom stereocenters. The first-order valence-electron chi connectivity index (χ1n) is 13.1. The van der Waals surface area contributed by atoms with Crippen LogP contribution in [0.3, 0.4) is 0 Å². The van der Waals surface area contributed by atoms with Crippen LogP contribution in [0.15, 0.2) is 28.9 Å². The Labute approximate surface area is 219 Å². The minimum Gasteiger partial charge on any atom is -0.391 e. The van der Waals surface area contributed by atoms with E-state index in [0.717, 1.165) is 42.3 Å². The van der Waals surface area contributed by atoms with Crippen LogP contribution in [0.5, 0.6) is 0 Å². The van der Waals surface area contributed by atoms with Gasteiger partial charge in [-0.05, 0) is 60.8 Å². The molecule has 0 radical (unpaired) electrons. The molecule has 2 N–H and O–H groups in total. The van der Waals surface area contributed by atoms with E-state index in [1.54, 1.807) is 9.58 Å². The van der Waals surface area contributed by atoms with Crippen LogP contribution in [0.4, 0.5) is 0 Å². The summed E-state index contributed by atoms with van der Waals surface area (Å²) in [6, 6.07) is 5.20. The molecule has 3 aliphatic carbocycles. The smallest absolute Gasteiger partial charge is 0.248 e. The molecular weight excluding hydrogens is 522 g/mol. The zero-order valence-electron chi connectivity index (χ0n) is 21.1. The van der Waals surface area contributed by atoms with Crippen molar-refractivity contribution in [2.24, 2.45) is 5.41 Å². The number of aliphatic hydroxyl groups is 1. The Balaban J connectivity index is 1.20. The van der Waals surface area contributed by atoms with Crippen molar-refractivity contribution in [1.82, 2.24) is 25.2 Å². The van der Waals surface area contributed by atoms with E-state index in [1.807, 2.05) is 27.0 Å². The summed E-state index contributed by atoms with van der Waals surface area (Å²) >= 11 is 3.56. The molecule has 3 fully saturated rings. The summed E-state index contributed by atoms with van der Waals surface area (Å²) in [5, 5.41) is 22.4. The molecule has 4 aliphatic rings. The second-order valence-corrected chi connectivity index (χ2v) is 13.2. The fourth-order valence-electron chi connectivity index (χ4n) is 6.41. The zero-order chi connectivity index (χ0) is 25.4. The first-order valence-corrected chi connectivity index (χ1v) is 13.9. The number of aromatic nitrogens is 3. The van der Waals surface area contributed by atoms with Crippen molar-refractivity contribution in [3.05, 3.63) is 45.7 Å². The molecule has 36 heavy (non-hydrogen) atoms. The van der Waals surface area contributed by atoms with Crippen molar-refractivity contribution in [3.8, 4) is 0 Å². The lowest BCUT2D eigenvalue weighted by Crippen LogP contribution is -2.51. The number of likely N-dealkylation sites (tertiary alicyclic amines) is 1. The maximum atomic E-state index is 13.9. The second-order valence-electron chi connectivity index (χ2n) is 12.3. The van der Waals surface area contributed by atoms with Gasteiger partial charge in [-0.1, -0.05) is 48.0 Å². The molecule has 8 nitrogen and oxygen atoms in total. The number of hydrogen-bond acceptors (Lipinski definition) is 5. The molecular formula is C27H34BrN5O3. The highest BCUT2D eigenvalue weighted by Crippen LogP contribution is 2.57. The molecule has 9 heteroatoms. The third-order valence-electron chi connectivity index (χ3n) is 8.54. The van der Waals surface area contributed by atoms with Crippen LogP contribution in [0, 0.1) is 5.41 Å². The highest BCUT2D eigenvalue weighted by atomic mass is 79.9. The van der Waals surface area contributed by atoms with Crippen LogP contribution in [0.25, 0.3) is 0 Å². The number of carbonyl (C=O) groups excluding carboxylic acids is 2. The van der Waals surface area contributed by atoms with Gasteiger partial charge in [0.1, 0.15) is 12.1 Å². The second kappa shape index (κ2) is 8.38. The largest absolute Gasteiger partial charge is 0.391 e. The number of benzene rings is 1. The number of rotatable bonds is 5. The Morgan fingerprint density at radius 1 is 1.28 bits per heavy atom. The normalized spacial score (nSPS) is 29.9. The monoisotopic (exact) mass is 555 g/mol. The topological polar surface area (TPSA) is 100 Å². The molecule has 1 saturated heterocycles. The molecule has 1 aromatic carbocycles. The predicted molar refractivity (Wildman–Crippen MR) is 137 cm³/mol.